The SMILES string of the molecule is COc1ccc(C[C@H]2C=CCC23CCC2(CC3)OCCCCO2)cc1. The first kappa shape index (κ1) is 17.1. The van der Waals surface area contributed by atoms with Crippen molar-refractivity contribution < 1.29 is 14.2 Å². The molecule has 2 fully saturated rings. The summed E-state index contributed by atoms with van der Waals surface area (Å²) in [6.45, 7) is 1.72. The molecule has 1 saturated heterocycles. The lowest BCUT2D eigenvalue weighted by Crippen LogP contribution is -2.44. The molecule has 25 heavy (non-hydrogen) atoms. The lowest BCUT2D eigenvalue weighted by atomic mass is 9.64. The average molecular weight is 342 g/mol. The summed E-state index contributed by atoms with van der Waals surface area (Å²) in [5.74, 6) is 1.28. The highest BCUT2D eigenvalue weighted by molar-refractivity contribution is 5.28. The van der Waals surface area contributed by atoms with Gasteiger partial charge in [0.05, 0.1) is 20.3 Å². The van der Waals surface area contributed by atoms with Gasteiger partial charge in [0.1, 0.15) is 5.75 Å². The van der Waals surface area contributed by atoms with E-state index >= 15 is 0 Å². The Labute approximate surface area is 151 Å². The number of allylic oxidation sites excluding steroid dienone is 2. The van der Waals surface area contributed by atoms with Gasteiger partial charge in [0.2, 0.25) is 0 Å². The van der Waals surface area contributed by atoms with Crippen molar-refractivity contribution in [2.75, 3.05) is 20.3 Å². The number of benzene rings is 1. The molecule has 3 nitrogen and oxygen atoms in total. The Morgan fingerprint density at radius 2 is 1.68 bits per heavy atom. The Bertz CT molecular complexity index is 586. The van der Waals surface area contributed by atoms with E-state index < -0.39 is 0 Å². The van der Waals surface area contributed by atoms with Gasteiger partial charge >= 0.3 is 0 Å². The second-order valence-electron chi connectivity index (χ2n) is 7.97. The molecular formula is C22H30O3. The number of ether oxygens (including phenoxy) is 3. The molecule has 0 radical (unpaired) electrons. The number of methoxy groups -OCH3 is 1. The van der Waals surface area contributed by atoms with E-state index in [-0.39, 0.29) is 5.79 Å². The molecule has 1 atom stereocenters. The Balaban J connectivity index is 1.43. The molecule has 1 aromatic rings. The van der Waals surface area contributed by atoms with Gasteiger partial charge in [-0.3, -0.25) is 0 Å². The normalized spacial score (nSPS) is 27.5. The fourth-order valence-corrected chi connectivity index (χ4v) is 4.88. The monoisotopic (exact) mass is 342 g/mol. The van der Waals surface area contributed by atoms with E-state index in [1.807, 2.05) is 0 Å². The molecule has 1 saturated carbocycles. The maximum Gasteiger partial charge on any atom is 0.168 e. The van der Waals surface area contributed by atoms with Gasteiger partial charge in [-0.15, -0.1) is 0 Å². The van der Waals surface area contributed by atoms with Crippen LogP contribution in [0.2, 0.25) is 0 Å². The van der Waals surface area contributed by atoms with E-state index in [1.54, 1.807) is 7.11 Å². The fourth-order valence-electron chi connectivity index (χ4n) is 4.88. The van der Waals surface area contributed by atoms with Crippen LogP contribution in [0.15, 0.2) is 36.4 Å². The van der Waals surface area contributed by atoms with Crippen molar-refractivity contribution in [2.24, 2.45) is 11.3 Å². The lowest BCUT2D eigenvalue weighted by molar-refractivity contribution is -0.252. The van der Waals surface area contributed by atoms with E-state index in [4.69, 9.17) is 14.2 Å². The molecule has 3 aliphatic rings. The van der Waals surface area contributed by atoms with Crippen molar-refractivity contribution in [1.29, 1.82) is 0 Å². The predicted molar refractivity (Wildman–Crippen MR) is 98.7 cm³/mol. The molecule has 1 aromatic carbocycles. The molecule has 0 aromatic heterocycles. The third kappa shape index (κ3) is 3.50. The van der Waals surface area contributed by atoms with Gasteiger partial charge < -0.3 is 14.2 Å². The van der Waals surface area contributed by atoms with Gasteiger partial charge in [0.15, 0.2) is 5.79 Å². The first-order valence-electron chi connectivity index (χ1n) is 9.81. The van der Waals surface area contributed by atoms with Crippen LogP contribution in [-0.4, -0.2) is 26.1 Å². The highest BCUT2D eigenvalue weighted by atomic mass is 16.7. The molecule has 136 valence electrons. The van der Waals surface area contributed by atoms with Crippen LogP contribution >= 0.6 is 0 Å². The van der Waals surface area contributed by atoms with Crippen LogP contribution in [0.4, 0.5) is 0 Å². The maximum absolute atomic E-state index is 6.16. The molecule has 0 amide bonds. The molecule has 3 heteroatoms. The Kier molecular flexibility index (Phi) is 4.88. The topological polar surface area (TPSA) is 27.7 Å². The molecule has 4 rings (SSSR count). The zero-order valence-corrected chi connectivity index (χ0v) is 15.3. The zero-order valence-electron chi connectivity index (χ0n) is 15.3. The summed E-state index contributed by atoms with van der Waals surface area (Å²) in [6, 6.07) is 8.56. The number of rotatable bonds is 3. The van der Waals surface area contributed by atoms with Gasteiger partial charge in [-0.2, -0.15) is 0 Å². The fraction of sp³-hybridized carbons (Fsp3) is 0.636. The Morgan fingerprint density at radius 3 is 2.32 bits per heavy atom. The third-order valence-electron chi connectivity index (χ3n) is 6.57. The zero-order chi connectivity index (χ0) is 17.2. The van der Waals surface area contributed by atoms with E-state index in [9.17, 15) is 0 Å². The standard InChI is InChI=1S/C22H30O3/c1-23-20-8-6-18(7-9-20)17-19-5-4-10-21(19)11-13-22(14-12-21)24-15-2-3-16-25-22/h4-9,19H,2-3,10-17H2,1H3/t19-/m1/s1. The molecule has 1 aliphatic heterocycles. The minimum absolute atomic E-state index is 0.283. The van der Waals surface area contributed by atoms with E-state index in [1.165, 1.54) is 24.8 Å². The first-order chi connectivity index (χ1) is 12.2. The van der Waals surface area contributed by atoms with Crippen molar-refractivity contribution in [3.63, 3.8) is 0 Å². The van der Waals surface area contributed by atoms with Crippen molar-refractivity contribution in [2.45, 2.75) is 57.2 Å². The molecule has 0 N–H and O–H groups in total. The molecule has 1 heterocycles. The summed E-state index contributed by atoms with van der Waals surface area (Å²) in [4.78, 5) is 0. The molecule has 0 bridgehead atoms. The van der Waals surface area contributed by atoms with Crippen LogP contribution in [0.1, 0.15) is 50.5 Å². The summed E-state index contributed by atoms with van der Waals surface area (Å²) in [6.07, 6.45) is 14.0. The van der Waals surface area contributed by atoms with Gasteiger partial charge in [-0.05, 0) is 67.6 Å². The van der Waals surface area contributed by atoms with Crippen molar-refractivity contribution in [3.8, 4) is 5.75 Å². The van der Waals surface area contributed by atoms with Crippen LogP contribution < -0.4 is 4.74 Å². The van der Waals surface area contributed by atoms with Crippen LogP contribution in [0.3, 0.4) is 0 Å². The minimum atomic E-state index is -0.283. The average Bonchev–Trinajstić information content (AvgIpc) is 2.88. The molecular weight excluding hydrogens is 312 g/mol. The van der Waals surface area contributed by atoms with E-state index in [0.717, 1.165) is 51.1 Å². The predicted octanol–water partition coefficient (Wildman–Crippen LogP) is 4.90. The van der Waals surface area contributed by atoms with Crippen LogP contribution in [0, 0.1) is 11.3 Å². The Morgan fingerprint density at radius 1 is 1.00 bits per heavy atom. The van der Waals surface area contributed by atoms with Crippen molar-refractivity contribution in [3.05, 3.63) is 42.0 Å². The summed E-state index contributed by atoms with van der Waals surface area (Å²) in [7, 11) is 1.72. The summed E-state index contributed by atoms with van der Waals surface area (Å²) in [5, 5.41) is 0. The van der Waals surface area contributed by atoms with Crippen LogP contribution in [0.5, 0.6) is 5.75 Å². The van der Waals surface area contributed by atoms with Crippen LogP contribution in [-0.2, 0) is 15.9 Å². The van der Waals surface area contributed by atoms with E-state index in [2.05, 4.69) is 36.4 Å². The lowest BCUT2D eigenvalue weighted by Gasteiger charge is -2.46. The van der Waals surface area contributed by atoms with Gasteiger partial charge in [-0.25, -0.2) is 0 Å². The quantitative estimate of drug-likeness (QED) is 0.732. The van der Waals surface area contributed by atoms with Crippen LogP contribution in [0.25, 0.3) is 0 Å². The minimum Gasteiger partial charge on any atom is -0.497 e. The summed E-state index contributed by atoms with van der Waals surface area (Å²) in [5.41, 5.74) is 1.81. The Hall–Kier alpha value is -1.32. The molecule has 0 unspecified atom stereocenters. The highest BCUT2D eigenvalue weighted by Crippen LogP contribution is 2.54. The maximum atomic E-state index is 6.16. The number of hydrogen-bond acceptors (Lipinski definition) is 3. The van der Waals surface area contributed by atoms with Crippen molar-refractivity contribution >= 4 is 0 Å². The summed E-state index contributed by atoms with van der Waals surface area (Å²) < 4.78 is 17.6. The molecule has 2 aliphatic carbocycles. The van der Waals surface area contributed by atoms with Gasteiger partial charge in [0, 0.05) is 12.8 Å². The third-order valence-corrected chi connectivity index (χ3v) is 6.57. The second-order valence-corrected chi connectivity index (χ2v) is 7.97. The van der Waals surface area contributed by atoms with Gasteiger partial charge in [0.25, 0.3) is 0 Å². The van der Waals surface area contributed by atoms with Gasteiger partial charge in [-0.1, -0.05) is 24.3 Å². The largest absolute Gasteiger partial charge is 0.497 e. The smallest absolute Gasteiger partial charge is 0.168 e. The van der Waals surface area contributed by atoms with E-state index in [0.29, 0.717) is 11.3 Å². The summed E-state index contributed by atoms with van der Waals surface area (Å²) >= 11 is 0. The van der Waals surface area contributed by atoms with Crippen molar-refractivity contribution in [1.82, 2.24) is 0 Å². The second kappa shape index (κ2) is 7.13. The first-order valence-corrected chi connectivity index (χ1v) is 9.81. The highest BCUT2D eigenvalue weighted by Gasteiger charge is 2.48. The number of hydrogen-bond donors (Lipinski definition) is 0. The molecule has 2 spiro atoms.